The van der Waals surface area contributed by atoms with Crippen molar-refractivity contribution in [3.8, 4) is 0 Å². The Morgan fingerprint density at radius 2 is 1.81 bits per heavy atom. The minimum Gasteiger partial charge on any atom is -0.481 e. The zero-order chi connectivity index (χ0) is 14.6. The highest BCUT2D eigenvalue weighted by Gasteiger charge is 2.53. The summed E-state index contributed by atoms with van der Waals surface area (Å²) in [6, 6.07) is 7.91. The van der Waals surface area contributed by atoms with Crippen LogP contribution in [-0.4, -0.2) is 23.5 Å². The Labute approximate surface area is 123 Å². The van der Waals surface area contributed by atoms with Crippen molar-refractivity contribution in [1.29, 1.82) is 0 Å². The van der Waals surface area contributed by atoms with E-state index in [-0.39, 0.29) is 17.7 Å². The number of rotatable bonds is 2. The van der Waals surface area contributed by atoms with E-state index in [1.807, 2.05) is 36.4 Å². The summed E-state index contributed by atoms with van der Waals surface area (Å²) >= 11 is 0. The Bertz CT molecular complexity index is 651. The van der Waals surface area contributed by atoms with E-state index in [1.54, 1.807) is 4.90 Å². The molecule has 1 heterocycles. The molecule has 0 spiro atoms. The van der Waals surface area contributed by atoms with Gasteiger partial charge in [0.2, 0.25) is 5.91 Å². The highest BCUT2D eigenvalue weighted by atomic mass is 16.4. The number of nitrogens with zero attached hydrogens (tertiary/aromatic N) is 1. The van der Waals surface area contributed by atoms with E-state index < -0.39 is 17.8 Å². The Morgan fingerprint density at radius 3 is 2.57 bits per heavy atom. The molecule has 2 aliphatic carbocycles. The summed E-state index contributed by atoms with van der Waals surface area (Å²) in [7, 11) is 0. The summed E-state index contributed by atoms with van der Waals surface area (Å²) in [4.78, 5) is 26.3. The minimum absolute atomic E-state index is 0.01000. The minimum atomic E-state index is -0.835. The molecule has 4 rings (SSSR count). The first-order valence-corrected chi connectivity index (χ1v) is 7.47. The molecule has 4 nitrogen and oxygen atoms in total. The predicted molar refractivity (Wildman–Crippen MR) is 77.9 cm³/mol. The van der Waals surface area contributed by atoms with Crippen LogP contribution in [0, 0.1) is 23.7 Å². The maximum absolute atomic E-state index is 12.9. The van der Waals surface area contributed by atoms with Crippen molar-refractivity contribution >= 4 is 17.6 Å². The smallest absolute Gasteiger partial charge is 0.307 e. The van der Waals surface area contributed by atoms with Crippen molar-refractivity contribution in [3.05, 3.63) is 42.0 Å². The highest BCUT2D eigenvalue weighted by molar-refractivity contribution is 5.99. The lowest BCUT2D eigenvalue weighted by atomic mass is 9.82. The lowest BCUT2D eigenvalue weighted by Crippen LogP contribution is -2.42. The van der Waals surface area contributed by atoms with E-state index in [9.17, 15) is 14.7 Å². The van der Waals surface area contributed by atoms with Gasteiger partial charge in [-0.3, -0.25) is 9.59 Å². The Morgan fingerprint density at radius 1 is 1.10 bits per heavy atom. The van der Waals surface area contributed by atoms with Crippen LogP contribution in [-0.2, 0) is 16.0 Å². The molecule has 0 aromatic heterocycles. The van der Waals surface area contributed by atoms with Crippen molar-refractivity contribution < 1.29 is 14.7 Å². The van der Waals surface area contributed by atoms with E-state index in [1.165, 1.54) is 5.56 Å². The maximum atomic E-state index is 12.9. The van der Waals surface area contributed by atoms with Crippen LogP contribution in [0.3, 0.4) is 0 Å². The number of carbonyl (C=O) groups is 2. The van der Waals surface area contributed by atoms with E-state index in [0.717, 1.165) is 18.5 Å². The molecule has 1 fully saturated rings. The monoisotopic (exact) mass is 283 g/mol. The number of allylic oxidation sites excluding steroid dienone is 2. The summed E-state index contributed by atoms with van der Waals surface area (Å²) in [5.74, 6) is -1.68. The fraction of sp³-hybridized carbons (Fsp3) is 0.412. The number of aliphatic carboxylic acids is 1. The molecule has 1 N–H and O–H groups in total. The molecule has 1 aromatic carbocycles. The largest absolute Gasteiger partial charge is 0.481 e. The fourth-order valence-corrected chi connectivity index (χ4v) is 4.24. The van der Waals surface area contributed by atoms with Gasteiger partial charge in [0.1, 0.15) is 0 Å². The van der Waals surface area contributed by atoms with Gasteiger partial charge in [0.05, 0.1) is 11.8 Å². The number of carbonyl (C=O) groups excluding carboxylic acids is 1. The number of carboxylic acids is 1. The van der Waals surface area contributed by atoms with Crippen LogP contribution >= 0.6 is 0 Å². The molecule has 1 aromatic rings. The summed E-state index contributed by atoms with van der Waals surface area (Å²) in [5, 5.41) is 9.49. The lowest BCUT2D eigenvalue weighted by Gasteiger charge is -2.28. The number of anilines is 1. The van der Waals surface area contributed by atoms with Gasteiger partial charge in [-0.2, -0.15) is 0 Å². The average Bonchev–Trinajstić information content (AvgIpc) is 3.19. The molecule has 1 amide bonds. The van der Waals surface area contributed by atoms with Gasteiger partial charge in [-0.1, -0.05) is 30.4 Å². The van der Waals surface area contributed by atoms with Crippen LogP contribution in [0.1, 0.15) is 12.0 Å². The van der Waals surface area contributed by atoms with Gasteiger partial charge in [0.25, 0.3) is 0 Å². The summed E-state index contributed by atoms with van der Waals surface area (Å²) < 4.78 is 0. The van der Waals surface area contributed by atoms with E-state index >= 15 is 0 Å². The summed E-state index contributed by atoms with van der Waals surface area (Å²) in [5.41, 5.74) is 2.13. The van der Waals surface area contributed by atoms with Crippen LogP contribution in [0.25, 0.3) is 0 Å². The third kappa shape index (κ3) is 1.75. The average molecular weight is 283 g/mol. The second-order valence-electron chi connectivity index (χ2n) is 6.21. The lowest BCUT2D eigenvalue weighted by molar-refractivity contribution is -0.147. The Hall–Kier alpha value is -2.10. The quantitative estimate of drug-likeness (QED) is 0.846. The molecule has 1 aliphatic heterocycles. The predicted octanol–water partition coefficient (Wildman–Crippen LogP) is 2.10. The van der Waals surface area contributed by atoms with Crippen LogP contribution in [0.15, 0.2) is 36.4 Å². The number of amides is 1. The van der Waals surface area contributed by atoms with E-state index in [4.69, 9.17) is 0 Å². The van der Waals surface area contributed by atoms with Crippen LogP contribution in [0.4, 0.5) is 5.69 Å². The van der Waals surface area contributed by atoms with Gasteiger partial charge in [-0.05, 0) is 36.3 Å². The number of hydrogen-bond donors (Lipinski definition) is 1. The topological polar surface area (TPSA) is 57.6 Å². The maximum Gasteiger partial charge on any atom is 0.307 e. The zero-order valence-corrected chi connectivity index (χ0v) is 11.6. The van der Waals surface area contributed by atoms with Crippen molar-refractivity contribution in [2.24, 2.45) is 23.7 Å². The molecule has 21 heavy (non-hydrogen) atoms. The van der Waals surface area contributed by atoms with Crippen LogP contribution in [0.2, 0.25) is 0 Å². The van der Waals surface area contributed by atoms with Gasteiger partial charge in [-0.25, -0.2) is 0 Å². The SMILES string of the molecule is O=C(O)[C@H]1[C@@H](C(=O)N2CCc3ccccc32)[C@H]2C=C[C@H]1C2. The van der Waals surface area contributed by atoms with Crippen molar-refractivity contribution in [2.45, 2.75) is 12.8 Å². The Balaban J connectivity index is 1.67. The van der Waals surface area contributed by atoms with Crippen LogP contribution in [0.5, 0.6) is 0 Å². The first-order chi connectivity index (χ1) is 10.2. The molecular weight excluding hydrogens is 266 g/mol. The third-order valence-electron chi connectivity index (χ3n) is 5.18. The molecule has 2 bridgehead atoms. The molecule has 0 radical (unpaired) electrons. The van der Waals surface area contributed by atoms with Gasteiger partial charge in [-0.15, -0.1) is 0 Å². The number of para-hydroxylation sites is 1. The third-order valence-corrected chi connectivity index (χ3v) is 5.18. The molecule has 4 heteroatoms. The second kappa shape index (κ2) is 4.45. The standard InChI is InChI=1S/C17H17NO3/c19-16(18-8-7-10-3-1-2-4-13(10)18)14-11-5-6-12(9-11)15(14)17(20)21/h1-6,11-12,14-15H,7-9H2,(H,20,21)/t11-,12-,14-,15+/m0/s1. The second-order valence-corrected chi connectivity index (χ2v) is 6.21. The number of fused-ring (bicyclic) bond motifs is 3. The van der Waals surface area contributed by atoms with Crippen LogP contribution < -0.4 is 4.90 Å². The van der Waals surface area contributed by atoms with Gasteiger partial charge in [0.15, 0.2) is 0 Å². The molecule has 1 saturated carbocycles. The number of hydrogen-bond acceptors (Lipinski definition) is 2. The van der Waals surface area contributed by atoms with Crippen molar-refractivity contribution in [3.63, 3.8) is 0 Å². The molecular formula is C17H17NO3. The summed E-state index contributed by atoms with van der Waals surface area (Å²) in [6.45, 7) is 0.669. The normalized spacial score (nSPS) is 32.5. The highest BCUT2D eigenvalue weighted by Crippen LogP contribution is 2.49. The van der Waals surface area contributed by atoms with E-state index in [0.29, 0.717) is 6.54 Å². The Kier molecular flexibility index (Phi) is 2.67. The van der Waals surface area contributed by atoms with E-state index in [2.05, 4.69) is 0 Å². The fourth-order valence-electron chi connectivity index (χ4n) is 4.24. The van der Waals surface area contributed by atoms with Gasteiger partial charge < -0.3 is 10.0 Å². The van der Waals surface area contributed by atoms with Gasteiger partial charge in [0, 0.05) is 12.2 Å². The summed E-state index contributed by atoms with van der Waals surface area (Å²) in [6.07, 6.45) is 5.68. The van der Waals surface area contributed by atoms with Gasteiger partial charge >= 0.3 is 5.97 Å². The molecule has 4 atom stereocenters. The van der Waals surface area contributed by atoms with Crippen molar-refractivity contribution in [1.82, 2.24) is 0 Å². The zero-order valence-electron chi connectivity index (χ0n) is 11.6. The molecule has 3 aliphatic rings. The number of benzene rings is 1. The molecule has 0 saturated heterocycles. The first kappa shape index (κ1) is 12.6. The molecule has 0 unspecified atom stereocenters. The van der Waals surface area contributed by atoms with Crippen molar-refractivity contribution in [2.75, 3.05) is 11.4 Å². The first-order valence-electron chi connectivity index (χ1n) is 7.47. The number of carboxylic acid groups (broad SMARTS) is 1. The molecule has 108 valence electrons.